The molecule has 0 N–H and O–H groups in total. The monoisotopic (exact) mass is 461 g/mol. The van der Waals surface area contributed by atoms with Gasteiger partial charge in [-0.1, -0.05) is 17.3 Å². The molecule has 2 aromatic heterocycles. The molecule has 0 spiro atoms. The summed E-state index contributed by atoms with van der Waals surface area (Å²) in [6.45, 7) is 3.08. The van der Waals surface area contributed by atoms with Crippen LogP contribution in [0.5, 0.6) is 5.75 Å². The average molecular weight is 461 g/mol. The van der Waals surface area contributed by atoms with Gasteiger partial charge in [0, 0.05) is 44.9 Å². The average Bonchev–Trinajstić information content (AvgIpc) is 3.30. The van der Waals surface area contributed by atoms with Crippen LogP contribution in [-0.4, -0.2) is 58.1 Å². The molecule has 12 heteroatoms. The number of amides is 1. The molecule has 1 aliphatic rings. The molecule has 172 valence electrons. The minimum absolute atomic E-state index is 0.205. The zero-order valence-corrected chi connectivity index (χ0v) is 17.4. The summed E-state index contributed by atoms with van der Waals surface area (Å²) in [5.74, 6) is -1.56. The maximum Gasteiger partial charge on any atom is 0.471 e. The van der Waals surface area contributed by atoms with E-state index in [0.717, 1.165) is 0 Å². The summed E-state index contributed by atoms with van der Waals surface area (Å²) in [5.41, 5.74) is 0.593. The Morgan fingerprint density at radius 2 is 1.79 bits per heavy atom. The van der Waals surface area contributed by atoms with Crippen LogP contribution in [0.25, 0.3) is 11.4 Å². The Labute approximate surface area is 185 Å². The molecule has 33 heavy (non-hydrogen) atoms. The van der Waals surface area contributed by atoms with Gasteiger partial charge < -0.3 is 19.1 Å². The zero-order chi connectivity index (χ0) is 23.6. The fraction of sp³-hybridized carbons (Fsp3) is 0.286. The second kappa shape index (κ2) is 8.88. The first-order valence-electron chi connectivity index (χ1n) is 9.91. The highest BCUT2D eigenvalue weighted by Gasteiger charge is 2.38. The first-order chi connectivity index (χ1) is 15.7. The lowest BCUT2D eigenvalue weighted by Gasteiger charge is -2.35. The summed E-state index contributed by atoms with van der Waals surface area (Å²) in [5, 5.41) is 3.34. The summed E-state index contributed by atoms with van der Waals surface area (Å²) in [6, 6.07) is 9.75. The van der Waals surface area contributed by atoms with E-state index >= 15 is 0 Å². The quantitative estimate of drug-likeness (QED) is 0.432. The second-order valence-corrected chi connectivity index (χ2v) is 7.20. The van der Waals surface area contributed by atoms with Crippen LogP contribution < -0.4 is 9.64 Å². The molecule has 0 bridgehead atoms. The molecule has 0 saturated carbocycles. The molecule has 3 aromatic rings. The normalized spacial score (nSPS) is 14.3. The number of alkyl halides is 3. The van der Waals surface area contributed by atoms with Crippen molar-refractivity contribution < 1.29 is 32.0 Å². The van der Waals surface area contributed by atoms with E-state index in [9.17, 15) is 22.8 Å². The van der Waals surface area contributed by atoms with Crippen molar-refractivity contribution in [2.75, 3.05) is 31.1 Å². The smallest absolute Gasteiger partial charge is 0.426 e. The predicted molar refractivity (Wildman–Crippen MR) is 108 cm³/mol. The highest BCUT2D eigenvalue weighted by atomic mass is 19.4. The number of nitrogens with zero attached hydrogens (tertiary/aromatic N) is 5. The largest absolute Gasteiger partial charge is 0.471 e. The van der Waals surface area contributed by atoms with Crippen molar-refractivity contribution in [3.8, 4) is 17.1 Å². The number of esters is 1. The lowest BCUT2D eigenvalue weighted by molar-refractivity contribution is -0.159. The number of pyridine rings is 1. The summed E-state index contributed by atoms with van der Waals surface area (Å²) in [6.07, 6.45) is -3.35. The fourth-order valence-electron chi connectivity index (χ4n) is 3.36. The van der Waals surface area contributed by atoms with Gasteiger partial charge in [-0.2, -0.15) is 18.2 Å². The van der Waals surface area contributed by atoms with Crippen molar-refractivity contribution in [2.45, 2.75) is 13.1 Å². The van der Waals surface area contributed by atoms with Crippen LogP contribution in [0.2, 0.25) is 0 Å². The molecule has 3 heterocycles. The summed E-state index contributed by atoms with van der Waals surface area (Å²) in [7, 11) is 0. The number of hydrogen-bond acceptors (Lipinski definition) is 8. The Hall–Kier alpha value is -3.96. The van der Waals surface area contributed by atoms with Crippen LogP contribution in [0.1, 0.15) is 23.2 Å². The van der Waals surface area contributed by atoms with E-state index in [1.54, 1.807) is 41.3 Å². The third kappa shape index (κ3) is 4.94. The Kier molecular flexibility index (Phi) is 5.99. The van der Waals surface area contributed by atoms with Crippen molar-refractivity contribution in [2.24, 2.45) is 0 Å². The molecule has 0 atom stereocenters. The molecule has 1 amide bonds. The van der Waals surface area contributed by atoms with E-state index in [1.807, 2.05) is 4.90 Å². The number of anilines is 1. The zero-order valence-electron chi connectivity index (χ0n) is 17.4. The van der Waals surface area contributed by atoms with Crippen molar-refractivity contribution in [1.82, 2.24) is 20.0 Å². The fourth-order valence-corrected chi connectivity index (χ4v) is 3.36. The maximum atomic E-state index is 12.9. The van der Waals surface area contributed by atoms with Crippen molar-refractivity contribution in [1.29, 1.82) is 0 Å². The van der Waals surface area contributed by atoms with Gasteiger partial charge in [0.25, 0.3) is 5.91 Å². The van der Waals surface area contributed by atoms with Gasteiger partial charge >= 0.3 is 18.0 Å². The molecular formula is C21H18F3N5O4. The van der Waals surface area contributed by atoms with E-state index in [4.69, 9.17) is 4.74 Å². The number of carbonyl (C=O) groups excluding carboxylic acids is 2. The molecule has 9 nitrogen and oxygen atoms in total. The third-order valence-corrected chi connectivity index (χ3v) is 4.94. The van der Waals surface area contributed by atoms with Gasteiger partial charge in [0.1, 0.15) is 11.6 Å². The molecule has 1 fully saturated rings. The van der Waals surface area contributed by atoms with Gasteiger partial charge in [0.15, 0.2) is 0 Å². The minimum atomic E-state index is -4.71. The number of para-hydroxylation sites is 1. The molecule has 1 aliphatic heterocycles. The number of rotatable bonds is 4. The standard InChI is InChI=1S/C21H18F3N5O4/c1-13(30)32-16-5-3-2-4-15(16)19(31)29-10-8-28(9-11-29)17-7-6-14(12-25-17)18-26-20(33-27-18)21(22,23)24/h2-7,12H,8-11H2,1H3. The molecule has 0 radical (unpaired) electrons. The molecule has 1 aromatic carbocycles. The van der Waals surface area contributed by atoms with Crippen LogP contribution in [0.4, 0.5) is 19.0 Å². The number of piperazine rings is 1. The van der Waals surface area contributed by atoms with Crippen molar-refractivity contribution in [3.05, 3.63) is 54.0 Å². The first-order valence-corrected chi connectivity index (χ1v) is 9.91. The van der Waals surface area contributed by atoms with E-state index in [2.05, 4.69) is 19.6 Å². The molecule has 1 saturated heterocycles. The molecular weight excluding hydrogens is 443 g/mol. The van der Waals surface area contributed by atoms with Gasteiger partial charge in [-0.3, -0.25) is 9.59 Å². The Balaban J connectivity index is 1.40. The third-order valence-electron chi connectivity index (χ3n) is 4.94. The Bertz CT molecular complexity index is 1160. The first kappa shape index (κ1) is 22.2. The van der Waals surface area contributed by atoms with Crippen LogP contribution in [0.15, 0.2) is 47.1 Å². The van der Waals surface area contributed by atoms with E-state index in [-0.39, 0.29) is 23.0 Å². The van der Waals surface area contributed by atoms with Crippen LogP contribution >= 0.6 is 0 Å². The second-order valence-electron chi connectivity index (χ2n) is 7.20. The van der Waals surface area contributed by atoms with E-state index in [1.165, 1.54) is 13.1 Å². The van der Waals surface area contributed by atoms with Crippen LogP contribution in [0.3, 0.4) is 0 Å². The summed E-state index contributed by atoms with van der Waals surface area (Å²) < 4.78 is 47.3. The van der Waals surface area contributed by atoms with Gasteiger partial charge in [-0.15, -0.1) is 0 Å². The number of ether oxygens (including phenoxy) is 1. The van der Waals surface area contributed by atoms with Gasteiger partial charge in [-0.05, 0) is 24.3 Å². The highest BCUT2D eigenvalue weighted by molar-refractivity contribution is 5.97. The number of carbonyl (C=O) groups is 2. The predicted octanol–water partition coefficient (Wildman–Crippen LogP) is 3.04. The number of aromatic nitrogens is 3. The van der Waals surface area contributed by atoms with Crippen LogP contribution in [0, 0.1) is 0 Å². The van der Waals surface area contributed by atoms with Gasteiger partial charge in [-0.25, -0.2) is 4.98 Å². The SMILES string of the molecule is CC(=O)Oc1ccccc1C(=O)N1CCN(c2ccc(-c3noc(C(F)(F)F)n3)cn2)CC1. The summed E-state index contributed by atoms with van der Waals surface area (Å²) in [4.78, 5) is 35.5. The van der Waals surface area contributed by atoms with Gasteiger partial charge in [0.05, 0.1) is 5.56 Å². The maximum absolute atomic E-state index is 12.9. The van der Waals surface area contributed by atoms with E-state index in [0.29, 0.717) is 37.6 Å². The molecule has 0 unspecified atom stereocenters. The van der Waals surface area contributed by atoms with Crippen molar-refractivity contribution in [3.63, 3.8) is 0 Å². The molecule has 4 rings (SSSR count). The number of benzene rings is 1. The van der Waals surface area contributed by atoms with Crippen LogP contribution in [-0.2, 0) is 11.0 Å². The van der Waals surface area contributed by atoms with Crippen molar-refractivity contribution >= 4 is 17.7 Å². The Morgan fingerprint density at radius 1 is 1.06 bits per heavy atom. The minimum Gasteiger partial charge on any atom is -0.426 e. The van der Waals surface area contributed by atoms with E-state index < -0.39 is 18.0 Å². The molecule has 0 aliphatic carbocycles. The lowest BCUT2D eigenvalue weighted by Crippen LogP contribution is -2.49. The number of halogens is 3. The highest BCUT2D eigenvalue weighted by Crippen LogP contribution is 2.29. The number of hydrogen-bond donors (Lipinski definition) is 0. The van der Waals surface area contributed by atoms with Gasteiger partial charge in [0.2, 0.25) is 5.82 Å². The lowest BCUT2D eigenvalue weighted by atomic mass is 10.1. The topological polar surface area (TPSA) is 102 Å². The summed E-state index contributed by atoms with van der Waals surface area (Å²) >= 11 is 0. The Morgan fingerprint density at radius 3 is 2.39 bits per heavy atom.